The molecule has 1 rings (SSSR count). The molecule has 0 amide bonds. The van der Waals surface area contributed by atoms with Gasteiger partial charge in [-0.15, -0.1) is 0 Å². The molecule has 0 saturated carbocycles. The van der Waals surface area contributed by atoms with Crippen molar-refractivity contribution in [2.75, 3.05) is 32.8 Å². The van der Waals surface area contributed by atoms with Crippen LogP contribution in [0.25, 0.3) is 0 Å². The first-order chi connectivity index (χ1) is 4.84. The van der Waals surface area contributed by atoms with Crippen molar-refractivity contribution in [1.29, 1.82) is 0 Å². The van der Waals surface area contributed by atoms with Gasteiger partial charge in [0, 0.05) is 26.2 Å². The topological polar surface area (TPSA) is 55.7 Å². The molecule has 0 spiro atoms. The van der Waals surface area contributed by atoms with E-state index in [2.05, 4.69) is 5.32 Å². The second-order valence-electron chi connectivity index (χ2n) is 2.44. The quantitative estimate of drug-likeness (QED) is 0.430. The fourth-order valence-corrected chi connectivity index (χ4v) is 1.12. The third-order valence-corrected chi connectivity index (χ3v) is 1.71. The summed E-state index contributed by atoms with van der Waals surface area (Å²) in [5, 5.41) is 20.9. The number of hydrogen-bond donors (Lipinski definition) is 3. The molecule has 0 aliphatic carbocycles. The fraction of sp³-hybridized carbons (Fsp3) is 1.00. The minimum absolute atomic E-state index is 0.122. The van der Waals surface area contributed by atoms with Crippen LogP contribution < -0.4 is 5.32 Å². The van der Waals surface area contributed by atoms with Gasteiger partial charge < -0.3 is 15.5 Å². The van der Waals surface area contributed by atoms with E-state index in [1.807, 2.05) is 4.90 Å². The lowest BCUT2D eigenvalue weighted by Crippen LogP contribution is -2.51. The first-order valence-corrected chi connectivity index (χ1v) is 3.58. The summed E-state index contributed by atoms with van der Waals surface area (Å²) in [6, 6.07) is 0. The third-order valence-electron chi connectivity index (χ3n) is 1.71. The summed E-state index contributed by atoms with van der Waals surface area (Å²) in [4.78, 5) is 1.86. The Hall–Kier alpha value is -0.160. The van der Waals surface area contributed by atoms with Crippen molar-refractivity contribution >= 4 is 0 Å². The van der Waals surface area contributed by atoms with E-state index in [1.165, 1.54) is 0 Å². The van der Waals surface area contributed by atoms with Crippen LogP contribution in [0.2, 0.25) is 0 Å². The Morgan fingerprint density at radius 2 is 2.40 bits per heavy atom. The first-order valence-electron chi connectivity index (χ1n) is 3.58. The lowest BCUT2D eigenvalue weighted by Gasteiger charge is -2.31. The van der Waals surface area contributed by atoms with Gasteiger partial charge in [-0.25, -0.2) is 0 Å². The highest BCUT2D eigenvalue weighted by Gasteiger charge is 2.17. The standard InChI is InChI=1S/C6H14N2O2/c9-4-3-8-2-1-7-5-6(8)10/h6-7,9-10H,1-5H2. The summed E-state index contributed by atoms with van der Waals surface area (Å²) in [7, 11) is 0. The Balaban J connectivity index is 2.25. The highest BCUT2D eigenvalue weighted by molar-refractivity contribution is 4.70. The fourth-order valence-electron chi connectivity index (χ4n) is 1.12. The number of nitrogens with one attached hydrogen (secondary N) is 1. The molecule has 1 unspecified atom stereocenters. The molecule has 60 valence electrons. The van der Waals surface area contributed by atoms with Crippen LogP contribution in [0.4, 0.5) is 0 Å². The number of rotatable bonds is 2. The molecule has 4 nitrogen and oxygen atoms in total. The number of piperazine rings is 1. The lowest BCUT2D eigenvalue weighted by atomic mass is 10.3. The Morgan fingerprint density at radius 3 is 3.00 bits per heavy atom. The maximum atomic E-state index is 9.25. The molecular formula is C6H14N2O2. The molecule has 1 heterocycles. The van der Waals surface area contributed by atoms with Gasteiger partial charge in [0.25, 0.3) is 0 Å². The maximum Gasteiger partial charge on any atom is 0.120 e. The minimum atomic E-state index is -0.416. The number of β-amino-alcohol motifs (C(OH)–C–C–N with tert-alkyl or cyclic N) is 2. The molecule has 0 aromatic rings. The number of hydrogen-bond acceptors (Lipinski definition) is 4. The van der Waals surface area contributed by atoms with Crippen LogP contribution in [0.3, 0.4) is 0 Å². The molecule has 1 atom stereocenters. The molecule has 4 heteroatoms. The van der Waals surface area contributed by atoms with E-state index < -0.39 is 6.23 Å². The number of nitrogens with zero attached hydrogens (tertiary/aromatic N) is 1. The summed E-state index contributed by atoms with van der Waals surface area (Å²) in [5.41, 5.74) is 0. The molecule has 0 aromatic heterocycles. The largest absolute Gasteiger partial charge is 0.395 e. The van der Waals surface area contributed by atoms with Crippen LogP contribution in [0.15, 0.2) is 0 Å². The Kier molecular flexibility index (Phi) is 3.08. The van der Waals surface area contributed by atoms with Crippen LogP contribution in [-0.2, 0) is 0 Å². The summed E-state index contributed by atoms with van der Waals surface area (Å²) in [6.45, 7) is 3.03. The SMILES string of the molecule is OCCN1CCNCC1O. The molecule has 1 aliphatic heterocycles. The van der Waals surface area contributed by atoms with Crippen LogP contribution in [0.5, 0.6) is 0 Å². The van der Waals surface area contributed by atoms with E-state index >= 15 is 0 Å². The van der Waals surface area contributed by atoms with Crippen LogP contribution >= 0.6 is 0 Å². The third kappa shape index (κ3) is 1.91. The zero-order chi connectivity index (χ0) is 7.40. The van der Waals surface area contributed by atoms with Gasteiger partial charge in [-0.2, -0.15) is 0 Å². The van der Waals surface area contributed by atoms with Gasteiger partial charge in [0.2, 0.25) is 0 Å². The van der Waals surface area contributed by atoms with Crippen molar-refractivity contribution in [2.45, 2.75) is 6.23 Å². The maximum absolute atomic E-state index is 9.25. The normalized spacial score (nSPS) is 28.8. The van der Waals surface area contributed by atoms with E-state index in [0.29, 0.717) is 13.1 Å². The molecule has 1 aliphatic rings. The number of aliphatic hydroxyl groups excluding tert-OH is 2. The highest BCUT2D eigenvalue weighted by atomic mass is 16.3. The van der Waals surface area contributed by atoms with Gasteiger partial charge in [-0.05, 0) is 0 Å². The zero-order valence-electron chi connectivity index (χ0n) is 5.95. The average molecular weight is 146 g/mol. The van der Waals surface area contributed by atoms with Gasteiger partial charge in [0.15, 0.2) is 0 Å². The van der Waals surface area contributed by atoms with Crippen molar-refractivity contribution in [3.8, 4) is 0 Å². The van der Waals surface area contributed by atoms with Crippen LogP contribution in [0.1, 0.15) is 0 Å². The molecule has 10 heavy (non-hydrogen) atoms. The van der Waals surface area contributed by atoms with Gasteiger partial charge in [0.05, 0.1) is 6.61 Å². The second kappa shape index (κ2) is 3.88. The molecular weight excluding hydrogens is 132 g/mol. The summed E-state index contributed by atoms with van der Waals surface area (Å²) in [6.07, 6.45) is -0.416. The Morgan fingerprint density at radius 1 is 1.60 bits per heavy atom. The molecule has 1 saturated heterocycles. The van der Waals surface area contributed by atoms with E-state index in [-0.39, 0.29) is 6.61 Å². The predicted molar refractivity (Wildman–Crippen MR) is 37.5 cm³/mol. The smallest absolute Gasteiger partial charge is 0.120 e. The zero-order valence-corrected chi connectivity index (χ0v) is 5.95. The van der Waals surface area contributed by atoms with Gasteiger partial charge >= 0.3 is 0 Å². The van der Waals surface area contributed by atoms with E-state index in [1.54, 1.807) is 0 Å². The molecule has 0 aromatic carbocycles. The minimum Gasteiger partial charge on any atom is -0.395 e. The monoisotopic (exact) mass is 146 g/mol. The number of aliphatic hydroxyl groups is 2. The first kappa shape index (κ1) is 7.94. The van der Waals surface area contributed by atoms with Crippen molar-refractivity contribution in [1.82, 2.24) is 10.2 Å². The van der Waals surface area contributed by atoms with E-state index in [0.717, 1.165) is 13.1 Å². The molecule has 3 N–H and O–H groups in total. The molecule has 0 bridgehead atoms. The van der Waals surface area contributed by atoms with Crippen LogP contribution in [0, 0.1) is 0 Å². The highest BCUT2D eigenvalue weighted by Crippen LogP contribution is 1.97. The summed E-state index contributed by atoms with van der Waals surface area (Å²) < 4.78 is 0. The van der Waals surface area contributed by atoms with Crippen molar-refractivity contribution in [3.63, 3.8) is 0 Å². The average Bonchev–Trinajstić information content (AvgIpc) is 1.94. The van der Waals surface area contributed by atoms with Gasteiger partial charge in [-0.1, -0.05) is 0 Å². The molecule has 0 radical (unpaired) electrons. The van der Waals surface area contributed by atoms with Gasteiger partial charge in [-0.3, -0.25) is 4.90 Å². The predicted octanol–water partition coefficient (Wildman–Crippen LogP) is -1.80. The Bertz CT molecular complexity index is 97.7. The lowest BCUT2D eigenvalue weighted by molar-refractivity contribution is -0.0203. The summed E-state index contributed by atoms with van der Waals surface area (Å²) in [5.74, 6) is 0. The second-order valence-corrected chi connectivity index (χ2v) is 2.44. The van der Waals surface area contributed by atoms with Gasteiger partial charge in [0.1, 0.15) is 6.23 Å². The Labute approximate surface area is 60.5 Å². The van der Waals surface area contributed by atoms with Crippen molar-refractivity contribution < 1.29 is 10.2 Å². The molecule has 1 fully saturated rings. The van der Waals surface area contributed by atoms with Crippen molar-refractivity contribution in [3.05, 3.63) is 0 Å². The van der Waals surface area contributed by atoms with Crippen LogP contribution in [-0.4, -0.2) is 54.1 Å². The van der Waals surface area contributed by atoms with E-state index in [4.69, 9.17) is 5.11 Å². The summed E-state index contributed by atoms with van der Waals surface area (Å²) >= 11 is 0. The van der Waals surface area contributed by atoms with E-state index in [9.17, 15) is 5.11 Å². The van der Waals surface area contributed by atoms with Crippen molar-refractivity contribution in [2.24, 2.45) is 0 Å².